The molecule has 1 aromatic rings. The van der Waals surface area contributed by atoms with Crippen LogP contribution < -0.4 is 15.4 Å². The molecule has 5 nitrogen and oxygen atoms in total. The zero-order valence-electron chi connectivity index (χ0n) is 13.9. The van der Waals surface area contributed by atoms with E-state index in [1.54, 1.807) is 7.11 Å². The zero-order chi connectivity index (χ0) is 16.8. The normalized spacial score (nSPS) is 11.2. The summed E-state index contributed by atoms with van der Waals surface area (Å²) >= 11 is 0. The van der Waals surface area contributed by atoms with Crippen molar-refractivity contribution in [3.63, 3.8) is 0 Å². The Labute approximate surface area is 131 Å². The quantitative estimate of drug-likeness (QED) is 0.760. The van der Waals surface area contributed by atoms with Crippen molar-refractivity contribution in [2.24, 2.45) is 5.41 Å². The molecule has 0 saturated carbocycles. The molecule has 0 heterocycles. The largest absolute Gasteiger partial charge is 0.489 e. The van der Waals surface area contributed by atoms with Gasteiger partial charge in [-0.1, -0.05) is 20.8 Å². The number of amides is 1. The molecule has 0 fully saturated rings. The van der Waals surface area contributed by atoms with Crippen LogP contribution in [-0.4, -0.2) is 39.8 Å². The molecule has 2 N–H and O–H groups in total. The van der Waals surface area contributed by atoms with Gasteiger partial charge in [0.1, 0.15) is 18.2 Å². The van der Waals surface area contributed by atoms with Crippen molar-refractivity contribution in [2.75, 3.05) is 39.2 Å². The van der Waals surface area contributed by atoms with Crippen molar-refractivity contribution in [2.45, 2.75) is 20.8 Å². The van der Waals surface area contributed by atoms with Gasteiger partial charge in [-0.15, -0.1) is 0 Å². The molecule has 6 heteroatoms. The van der Waals surface area contributed by atoms with Gasteiger partial charge >= 0.3 is 0 Å². The van der Waals surface area contributed by atoms with Gasteiger partial charge in [0, 0.05) is 26.8 Å². The maximum absolute atomic E-state index is 14.1. The minimum Gasteiger partial charge on any atom is -0.489 e. The highest BCUT2D eigenvalue weighted by atomic mass is 19.1. The van der Waals surface area contributed by atoms with Gasteiger partial charge in [0.05, 0.1) is 17.9 Å². The van der Waals surface area contributed by atoms with Crippen LogP contribution in [0.4, 0.5) is 10.1 Å². The number of hydrogen-bond donors (Lipinski definition) is 2. The molecule has 1 aromatic carbocycles. The highest BCUT2D eigenvalue weighted by Gasteiger charge is 2.17. The van der Waals surface area contributed by atoms with Crippen molar-refractivity contribution in [1.29, 1.82) is 0 Å². The average Bonchev–Trinajstić information content (AvgIpc) is 2.45. The Bertz CT molecular complexity index is 513. The minimum atomic E-state index is -0.588. The van der Waals surface area contributed by atoms with Crippen molar-refractivity contribution in [3.05, 3.63) is 23.5 Å². The molecule has 0 radical (unpaired) electrons. The predicted molar refractivity (Wildman–Crippen MR) is 85.1 cm³/mol. The van der Waals surface area contributed by atoms with Crippen molar-refractivity contribution >= 4 is 11.6 Å². The molecular weight excluding hydrogens is 287 g/mol. The van der Waals surface area contributed by atoms with Gasteiger partial charge in [-0.3, -0.25) is 4.79 Å². The number of hydrogen-bond acceptors (Lipinski definition) is 4. The number of methoxy groups -OCH3 is 1. The second-order valence-corrected chi connectivity index (χ2v) is 6.16. The van der Waals surface area contributed by atoms with Crippen LogP contribution in [-0.2, 0) is 4.74 Å². The summed E-state index contributed by atoms with van der Waals surface area (Å²) in [5.74, 6) is -0.646. The van der Waals surface area contributed by atoms with Crippen molar-refractivity contribution < 1.29 is 18.7 Å². The Hall–Kier alpha value is -1.82. The number of carbonyl (C=O) groups is 1. The third-order valence-electron chi connectivity index (χ3n) is 2.90. The Morgan fingerprint density at radius 3 is 2.50 bits per heavy atom. The van der Waals surface area contributed by atoms with Crippen LogP contribution in [0.25, 0.3) is 0 Å². The lowest BCUT2D eigenvalue weighted by Crippen LogP contribution is -2.22. The maximum Gasteiger partial charge on any atom is 0.254 e. The van der Waals surface area contributed by atoms with Crippen LogP contribution >= 0.6 is 0 Å². The lowest BCUT2D eigenvalue weighted by molar-refractivity contribution is 0.0958. The Morgan fingerprint density at radius 1 is 1.27 bits per heavy atom. The molecule has 0 bridgehead atoms. The number of ether oxygens (including phenoxy) is 2. The fourth-order valence-electron chi connectivity index (χ4n) is 1.71. The van der Waals surface area contributed by atoms with Crippen LogP contribution in [0.1, 0.15) is 31.1 Å². The molecule has 1 amide bonds. The second kappa shape index (κ2) is 7.98. The summed E-state index contributed by atoms with van der Waals surface area (Å²) < 4.78 is 24.6. The summed E-state index contributed by atoms with van der Waals surface area (Å²) in [7, 11) is 3.03. The molecule has 1 rings (SSSR count). The molecule has 0 aliphatic rings. The zero-order valence-corrected chi connectivity index (χ0v) is 13.9. The summed E-state index contributed by atoms with van der Waals surface area (Å²) in [4.78, 5) is 11.7. The van der Waals surface area contributed by atoms with E-state index in [1.165, 1.54) is 19.2 Å². The molecule has 22 heavy (non-hydrogen) atoms. The van der Waals surface area contributed by atoms with Gasteiger partial charge in [0.2, 0.25) is 0 Å². The van der Waals surface area contributed by atoms with Gasteiger partial charge in [-0.2, -0.15) is 0 Å². The Morgan fingerprint density at radius 2 is 1.95 bits per heavy atom. The van der Waals surface area contributed by atoms with E-state index in [-0.39, 0.29) is 11.0 Å². The smallest absolute Gasteiger partial charge is 0.254 e. The van der Waals surface area contributed by atoms with E-state index in [0.29, 0.717) is 31.2 Å². The van der Waals surface area contributed by atoms with E-state index >= 15 is 0 Å². The van der Waals surface area contributed by atoms with Crippen molar-refractivity contribution in [3.8, 4) is 5.75 Å². The second-order valence-electron chi connectivity index (χ2n) is 6.16. The van der Waals surface area contributed by atoms with E-state index < -0.39 is 11.7 Å². The monoisotopic (exact) mass is 312 g/mol. The third-order valence-corrected chi connectivity index (χ3v) is 2.90. The highest BCUT2D eigenvalue weighted by Crippen LogP contribution is 2.29. The number of nitrogens with one attached hydrogen (secondary N) is 2. The first-order valence-corrected chi connectivity index (χ1v) is 7.19. The summed E-state index contributed by atoms with van der Waals surface area (Å²) in [6.45, 7) is 7.58. The lowest BCUT2D eigenvalue weighted by atomic mass is 9.97. The summed E-state index contributed by atoms with van der Waals surface area (Å²) in [6, 6.07) is 2.70. The van der Waals surface area contributed by atoms with E-state index in [0.717, 1.165) is 0 Å². The number of carbonyl (C=O) groups excluding carboxylic acids is 1. The minimum absolute atomic E-state index is 0.0275. The first-order chi connectivity index (χ1) is 10.3. The molecule has 0 atom stereocenters. The molecule has 0 aliphatic heterocycles. The number of anilines is 1. The van der Waals surface area contributed by atoms with Gasteiger partial charge in [0.25, 0.3) is 5.91 Å². The van der Waals surface area contributed by atoms with Crippen LogP contribution in [0.5, 0.6) is 5.75 Å². The highest BCUT2D eigenvalue weighted by molar-refractivity contribution is 5.95. The summed E-state index contributed by atoms with van der Waals surface area (Å²) in [5, 5.41) is 5.58. The fourth-order valence-corrected chi connectivity index (χ4v) is 1.71. The molecular formula is C16H25FN2O3. The molecule has 0 saturated heterocycles. The number of benzene rings is 1. The van der Waals surface area contributed by atoms with Crippen LogP contribution in [0.3, 0.4) is 0 Å². The SMILES string of the molecule is CNC(=O)c1cc(OCCOC)c(NCC(C)(C)C)cc1F. The van der Waals surface area contributed by atoms with Crippen LogP contribution in [0.2, 0.25) is 0 Å². The van der Waals surface area contributed by atoms with Crippen LogP contribution in [0, 0.1) is 11.2 Å². The first kappa shape index (κ1) is 18.2. The number of rotatable bonds is 7. The Balaban J connectivity index is 3.05. The molecule has 0 aromatic heterocycles. The molecule has 124 valence electrons. The fraction of sp³-hybridized carbons (Fsp3) is 0.562. The topological polar surface area (TPSA) is 59.6 Å². The molecule has 0 unspecified atom stereocenters. The van der Waals surface area contributed by atoms with E-state index in [2.05, 4.69) is 31.4 Å². The van der Waals surface area contributed by atoms with E-state index in [9.17, 15) is 9.18 Å². The summed E-state index contributed by atoms with van der Waals surface area (Å²) in [5.41, 5.74) is 0.507. The third kappa shape index (κ3) is 5.52. The molecule has 0 spiro atoms. The standard InChI is InChI=1S/C16H25FN2O3/c1-16(2,3)10-19-13-9-12(17)11(15(20)18-4)8-14(13)22-7-6-21-5/h8-9,19H,6-7,10H2,1-5H3,(H,18,20). The van der Waals surface area contributed by atoms with Gasteiger partial charge in [0.15, 0.2) is 0 Å². The summed E-state index contributed by atoms with van der Waals surface area (Å²) in [6.07, 6.45) is 0. The van der Waals surface area contributed by atoms with Gasteiger partial charge < -0.3 is 20.1 Å². The number of halogens is 1. The Kier molecular flexibility index (Phi) is 6.61. The predicted octanol–water partition coefficient (Wildman–Crippen LogP) is 2.67. The maximum atomic E-state index is 14.1. The van der Waals surface area contributed by atoms with E-state index in [4.69, 9.17) is 9.47 Å². The van der Waals surface area contributed by atoms with E-state index in [1.807, 2.05) is 0 Å². The van der Waals surface area contributed by atoms with Gasteiger partial charge in [-0.05, 0) is 11.5 Å². The lowest BCUT2D eigenvalue weighted by Gasteiger charge is -2.21. The molecule has 0 aliphatic carbocycles. The van der Waals surface area contributed by atoms with Crippen molar-refractivity contribution in [1.82, 2.24) is 5.32 Å². The van der Waals surface area contributed by atoms with Gasteiger partial charge in [-0.25, -0.2) is 4.39 Å². The average molecular weight is 312 g/mol. The van der Waals surface area contributed by atoms with Crippen LogP contribution in [0.15, 0.2) is 12.1 Å². The first-order valence-electron chi connectivity index (χ1n) is 7.19.